The number of aryl methyl sites for hydroxylation is 1. The second-order valence-corrected chi connectivity index (χ2v) is 5.42. The van der Waals surface area contributed by atoms with Crippen molar-refractivity contribution in [1.82, 2.24) is 15.1 Å². The SMILES string of the molecule is Cn1ccc(NC2CCCC2C2CCCN2)n1. The maximum absolute atomic E-state index is 4.42. The topological polar surface area (TPSA) is 41.9 Å². The molecule has 3 rings (SSSR count). The van der Waals surface area contributed by atoms with E-state index in [1.807, 2.05) is 17.9 Å². The van der Waals surface area contributed by atoms with Crippen LogP contribution >= 0.6 is 0 Å². The lowest BCUT2D eigenvalue weighted by molar-refractivity contribution is 0.375. The third-order valence-corrected chi connectivity index (χ3v) is 4.23. The summed E-state index contributed by atoms with van der Waals surface area (Å²) in [7, 11) is 1.97. The molecule has 0 amide bonds. The molecule has 1 saturated heterocycles. The predicted molar refractivity (Wildman–Crippen MR) is 69.0 cm³/mol. The highest BCUT2D eigenvalue weighted by atomic mass is 15.3. The van der Waals surface area contributed by atoms with E-state index in [-0.39, 0.29) is 0 Å². The number of hydrogen-bond acceptors (Lipinski definition) is 3. The van der Waals surface area contributed by atoms with E-state index in [1.165, 1.54) is 38.6 Å². The Morgan fingerprint density at radius 3 is 3.00 bits per heavy atom. The fourth-order valence-corrected chi connectivity index (χ4v) is 3.41. The summed E-state index contributed by atoms with van der Waals surface area (Å²) < 4.78 is 1.86. The molecule has 2 N–H and O–H groups in total. The van der Waals surface area contributed by atoms with Gasteiger partial charge in [-0.15, -0.1) is 0 Å². The van der Waals surface area contributed by atoms with Crippen molar-refractivity contribution in [2.24, 2.45) is 13.0 Å². The Balaban J connectivity index is 1.65. The predicted octanol–water partition coefficient (Wildman–Crippen LogP) is 1.75. The first-order valence-corrected chi connectivity index (χ1v) is 6.82. The Morgan fingerprint density at radius 1 is 1.35 bits per heavy atom. The average Bonchev–Trinajstić information content (AvgIpc) is 3.00. The second-order valence-electron chi connectivity index (χ2n) is 5.42. The summed E-state index contributed by atoms with van der Waals surface area (Å²) in [4.78, 5) is 0. The van der Waals surface area contributed by atoms with Gasteiger partial charge in [-0.05, 0) is 38.1 Å². The molecule has 1 aromatic rings. The molecule has 4 heteroatoms. The summed E-state index contributed by atoms with van der Waals surface area (Å²) in [5.74, 6) is 1.82. The van der Waals surface area contributed by atoms with E-state index in [9.17, 15) is 0 Å². The van der Waals surface area contributed by atoms with Crippen LogP contribution in [0.5, 0.6) is 0 Å². The molecule has 1 aromatic heterocycles. The van der Waals surface area contributed by atoms with Crippen molar-refractivity contribution < 1.29 is 0 Å². The zero-order valence-corrected chi connectivity index (χ0v) is 10.5. The summed E-state index contributed by atoms with van der Waals surface area (Å²) >= 11 is 0. The number of hydrogen-bond donors (Lipinski definition) is 2. The highest BCUT2D eigenvalue weighted by Gasteiger charge is 2.35. The molecule has 1 aliphatic heterocycles. The van der Waals surface area contributed by atoms with E-state index < -0.39 is 0 Å². The van der Waals surface area contributed by atoms with Crippen LogP contribution in [0.2, 0.25) is 0 Å². The van der Waals surface area contributed by atoms with Gasteiger partial charge < -0.3 is 10.6 Å². The fraction of sp³-hybridized carbons (Fsp3) is 0.769. The lowest BCUT2D eigenvalue weighted by Gasteiger charge is -2.26. The van der Waals surface area contributed by atoms with Gasteiger partial charge in [0.15, 0.2) is 0 Å². The van der Waals surface area contributed by atoms with Crippen LogP contribution in [-0.2, 0) is 7.05 Å². The van der Waals surface area contributed by atoms with E-state index in [1.54, 1.807) is 0 Å². The quantitative estimate of drug-likeness (QED) is 0.837. The summed E-state index contributed by atoms with van der Waals surface area (Å²) in [6.45, 7) is 1.21. The van der Waals surface area contributed by atoms with Crippen molar-refractivity contribution in [1.29, 1.82) is 0 Å². The highest BCUT2D eigenvalue weighted by Crippen LogP contribution is 2.33. The van der Waals surface area contributed by atoms with E-state index >= 15 is 0 Å². The Bertz CT molecular complexity index is 367. The molecule has 0 radical (unpaired) electrons. The first kappa shape index (κ1) is 11.1. The fourth-order valence-electron chi connectivity index (χ4n) is 3.41. The number of anilines is 1. The molecule has 1 aliphatic carbocycles. The monoisotopic (exact) mass is 234 g/mol. The zero-order valence-electron chi connectivity index (χ0n) is 10.5. The van der Waals surface area contributed by atoms with Gasteiger partial charge in [-0.2, -0.15) is 5.10 Å². The first-order chi connectivity index (χ1) is 8.33. The van der Waals surface area contributed by atoms with Crippen molar-refractivity contribution in [2.45, 2.75) is 44.2 Å². The summed E-state index contributed by atoms with van der Waals surface area (Å²) in [5, 5.41) is 11.7. The Hall–Kier alpha value is -1.03. The van der Waals surface area contributed by atoms with E-state index in [0.29, 0.717) is 6.04 Å². The van der Waals surface area contributed by atoms with Gasteiger partial charge in [0.25, 0.3) is 0 Å². The van der Waals surface area contributed by atoms with Crippen molar-refractivity contribution in [3.8, 4) is 0 Å². The van der Waals surface area contributed by atoms with Crippen LogP contribution < -0.4 is 10.6 Å². The van der Waals surface area contributed by atoms with Crippen LogP contribution in [0, 0.1) is 5.92 Å². The number of nitrogens with one attached hydrogen (secondary N) is 2. The molecular weight excluding hydrogens is 212 g/mol. The van der Waals surface area contributed by atoms with Gasteiger partial charge in [0.05, 0.1) is 0 Å². The van der Waals surface area contributed by atoms with Crippen LogP contribution in [-0.4, -0.2) is 28.4 Å². The molecule has 0 aromatic carbocycles. The normalized spacial score (nSPS) is 33.1. The molecule has 3 atom stereocenters. The summed E-state index contributed by atoms with van der Waals surface area (Å²) in [6, 6.07) is 3.41. The standard InChI is InChI=1S/C13H22N4/c1-17-9-7-13(16-17)15-12-5-2-4-10(12)11-6-3-8-14-11/h7,9-12,14H,2-6,8H2,1H3,(H,15,16). The smallest absolute Gasteiger partial charge is 0.148 e. The molecule has 1 saturated carbocycles. The third kappa shape index (κ3) is 2.32. The minimum absolute atomic E-state index is 0.612. The van der Waals surface area contributed by atoms with Crippen LogP contribution in [0.25, 0.3) is 0 Å². The van der Waals surface area contributed by atoms with Gasteiger partial charge >= 0.3 is 0 Å². The molecule has 17 heavy (non-hydrogen) atoms. The van der Waals surface area contributed by atoms with Gasteiger partial charge in [-0.25, -0.2) is 0 Å². The largest absolute Gasteiger partial charge is 0.366 e. The van der Waals surface area contributed by atoms with Crippen molar-refractivity contribution >= 4 is 5.82 Å². The molecule has 0 bridgehead atoms. The molecule has 2 fully saturated rings. The number of nitrogens with zero attached hydrogens (tertiary/aromatic N) is 2. The number of aromatic nitrogens is 2. The van der Waals surface area contributed by atoms with Gasteiger partial charge in [0.1, 0.15) is 5.82 Å². The van der Waals surface area contributed by atoms with Gasteiger partial charge in [-0.3, -0.25) is 4.68 Å². The van der Waals surface area contributed by atoms with Crippen LogP contribution in [0.4, 0.5) is 5.82 Å². The molecule has 2 heterocycles. The molecule has 94 valence electrons. The Kier molecular flexibility index (Phi) is 3.05. The molecular formula is C13H22N4. The van der Waals surface area contributed by atoms with Crippen LogP contribution in [0.3, 0.4) is 0 Å². The lowest BCUT2D eigenvalue weighted by Crippen LogP contribution is -2.38. The third-order valence-electron chi connectivity index (χ3n) is 4.23. The summed E-state index contributed by atoms with van der Waals surface area (Å²) in [6.07, 6.45) is 8.71. The van der Waals surface area contributed by atoms with Crippen molar-refractivity contribution in [2.75, 3.05) is 11.9 Å². The lowest BCUT2D eigenvalue weighted by atomic mass is 9.93. The van der Waals surface area contributed by atoms with E-state index in [2.05, 4.69) is 21.8 Å². The molecule has 3 unspecified atom stereocenters. The van der Waals surface area contributed by atoms with Crippen molar-refractivity contribution in [3.05, 3.63) is 12.3 Å². The highest BCUT2D eigenvalue weighted by molar-refractivity contribution is 5.34. The van der Waals surface area contributed by atoms with Gasteiger partial charge in [-0.1, -0.05) is 6.42 Å². The van der Waals surface area contributed by atoms with Gasteiger partial charge in [0.2, 0.25) is 0 Å². The molecule has 4 nitrogen and oxygen atoms in total. The maximum Gasteiger partial charge on any atom is 0.148 e. The van der Waals surface area contributed by atoms with E-state index in [0.717, 1.165) is 17.8 Å². The average molecular weight is 234 g/mol. The molecule has 0 spiro atoms. The zero-order chi connectivity index (χ0) is 11.7. The molecule has 2 aliphatic rings. The minimum Gasteiger partial charge on any atom is -0.366 e. The van der Waals surface area contributed by atoms with E-state index in [4.69, 9.17) is 0 Å². The Morgan fingerprint density at radius 2 is 2.29 bits per heavy atom. The second kappa shape index (κ2) is 4.69. The van der Waals surface area contributed by atoms with Gasteiger partial charge in [0, 0.05) is 31.4 Å². The first-order valence-electron chi connectivity index (χ1n) is 6.82. The van der Waals surface area contributed by atoms with Crippen LogP contribution in [0.15, 0.2) is 12.3 Å². The van der Waals surface area contributed by atoms with Crippen LogP contribution in [0.1, 0.15) is 32.1 Å². The maximum atomic E-state index is 4.42. The number of rotatable bonds is 3. The van der Waals surface area contributed by atoms with Crippen molar-refractivity contribution in [3.63, 3.8) is 0 Å². The Labute approximate surface area is 103 Å². The summed E-state index contributed by atoms with van der Waals surface area (Å²) in [5.41, 5.74) is 0. The minimum atomic E-state index is 0.612.